The van der Waals surface area contributed by atoms with Gasteiger partial charge in [0.25, 0.3) is 0 Å². The number of carbonyl (C=O) groups excluding carboxylic acids is 1. The molecule has 1 aliphatic heterocycles. The van der Waals surface area contributed by atoms with E-state index in [4.69, 9.17) is 38.4 Å². The van der Waals surface area contributed by atoms with Gasteiger partial charge in [-0.3, -0.25) is 0 Å². The average molecular weight is 353 g/mol. The minimum atomic E-state index is -0.763. The molecule has 1 aliphatic rings. The van der Waals surface area contributed by atoms with E-state index in [1.54, 1.807) is 18.2 Å². The summed E-state index contributed by atoms with van der Waals surface area (Å²) in [6.07, 6.45) is 0.408. The van der Waals surface area contributed by atoms with Gasteiger partial charge in [0.15, 0.2) is 0 Å². The van der Waals surface area contributed by atoms with Gasteiger partial charge < -0.3 is 15.2 Å². The van der Waals surface area contributed by atoms with Crippen LogP contribution in [0.4, 0.5) is 0 Å². The monoisotopic (exact) mass is 352 g/mol. The number of carbonyl (C=O) groups is 1. The molecular weight excluding hydrogens is 339 g/mol. The van der Waals surface area contributed by atoms with Crippen molar-refractivity contribution < 1.29 is 14.3 Å². The Balaban J connectivity index is 2.74. The Bertz CT molecular complexity index is 763. The Kier molecular flexibility index (Phi) is 5.19. The standard InChI is InChI=1S/C16H14Cl2N2O3/c1-3-12-14(16(21)22-2)13(10(7-19)15(20)23-12)9-5-4-8(17)6-11(9)18/h4-6,13H,3,20H2,1-2H3/t13-/m1/s1. The van der Waals surface area contributed by atoms with Crippen LogP contribution in [0.5, 0.6) is 0 Å². The highest BCUT2D eigenvalue weighted by Gasteiger charge is 2.37. The zero-order valence-electron chi connectivity index (χ0n) is 12.5. The first kappa shape index (κ1) is 17.2. The molecule has 0 aliphatic carbocycles. The van der Waals surface area contributed by atoms with E-state index in [9.17, 15) is 10.1 Å². The van der Waals surface area contributed by atoms with Gasteiger partial charge in [0.2, 0.25) is 5.88 Å². The van der Waals surface area contributed by atoms with Crippen LogP contribution in [0.2, 0.25) is 10.0 Å². The molecule has 0 amide bonds. The first-order valence-corrected chi connectivity index (χ1v) is 7.54. The van der Waals surface area contributed by atoms with Gasteiger partial charge in [0.1, 0.15) is 17.4 Å². The third-order valence-corrected chi connectivity index (χ3v) is 4.06. The topological polar surface area (TPSA) is 85.3 Å². The largest absolute Gasteiger partial charge is 0.466 e. The van der Waals surface area contributed by atoms with Crippen molar-refractivity contribution in [1.29, 1.82) is 5.26 Å². The van der Waals surface area contributed by atoms with Gasteiger partial charge in [-0.1, -0.05) is 36.2 Å². The number of hydrogen-bond donors (Lipinski definition) is 1. The summed E-state index contributed by atoms with van der Waals surface area (Å²) in [6.45, 7) is 1.81. The molecular formula is C16H14Cl2N2O3. The van der Waals surface area contributed by atoms with Gasteiger partial charge >= 0.3 is 5.97 Å². The van der Waals surface area contributed by atoms with Crippen LogP contribution in [0.1, 0.15) is 24.8 Å². The number of methoxy groups -OCH3 is 1. The second-order valence-corrected chi connectivity index (χ2v) is 5.62. The minimum Gasteiger partial charge on any atom is -0.466 e. The molecule has 0 radical (unpaired) electrons. The van der Waals surface area contributed by atoms with Crippen LogP contribution < -0.4 is 5.73 Å². The highest BCUT2D eigenvalue weighted by atomic mass is 35.5. The second-order valence-electron chi connectivity index (χ2n) is 4.77. The quantitative estimate of drug-likeness (QED) is 0.839. The molecule has 2 rings (SSSR count). The molecule has 2 N–H and O–H groups in total. The van der Waals surface area contributed by atoms with E-state index in [-0.39, 0.29) is 17.0 Å². The van der Waals surface area contributed by atoms with E-state index >= 15 is 0 Å². The molecule has 0 bridgehead atoms. The summed E-state index contributed by atoms with van der Waals surface area (Å²) in [5.74, 6) is -1.06. The predicted octanol–water partition coefficient (Wildman–Crippen LogP) is 3.64. The number of ether oxygens (including phenoxy) is 2. The maximum Gasteiger partial charge on any atom is 0.338 e. The normalized spacial score (nSPS) is 17.6. The Morgan fingerprint density at radius 2 is 2.17 bits per heavy atom. The number of nitriles is 1. The lowest BCUT2D eigenvalue weighted by atomic mass is 9.82. The van der Waals surface area contributed by atoms with Crippen LogP contribution in [0.3, 0.4) is 0 Å². The minimum absolute atomic E-state index is 0.0481. The van der Waals surface area contributed by atoms with Crippen molar-refractivity contribution in [2.24, 2.45) is 5.73 Å². The fourth-order valence-electron chi connectivity index (χ4n) is 2.46. The summed E-state index contributed by atoms with van der Waals surface area (Å²) in [5, 5.41) is 10.2. The van der Waals surface area contributed by atoms with Gasteiger partial charge in [0.05, 0.1) is 18.6 Å². The fraction of sp³-hybridized carbons (Fsp3) is 0.250. The van der Waals surface area contributed by atoms with Crippen molar-refractivity contribution in [2.45, 2.75) is 19.3 Å². The number of allylic oxidation sites excluding steroid dienone is 2. The molecule has 7 heteroatoms. The summed E-state index contributed by atoms with van der Waals surface area (Å²) in [4.78, 5) is 12.3. The smallest absolute Gasteiger partial charge is 0.338 e. The molecule has 1 aromatic rings. The van der Waals surface area contributed by atoms with E-state index in [2.05, 4.69) is 0 Å². The van der Waals surface area contributed by atoms with Crippen LogP contribution in [0, 0.1) is 11.3 Å². The molecule has 0 fully saturated rings. The maximum absolute atomic E-state index is 12.3. The number of benzene rings is 1. The lowest BCUT2D eigenvalue weighted by Gasteiger charge is -2.28. The maximum atomic E-state index is 12.3. The van der Waals surface area contributed by atoms with Crippen LogP contribution in [-0.4, -0.2) is 13.1 Å². The van der Waals surface area contributed by atoms with E-state index < -0.39 is 11.9 Å². The van der Waals surface area contributed by atoms with Crippen LogP contribution in [-0.2, 0) is 14.3 Å². The number of rotatable bonds is 3. The van der Waals surface area contributed by atoms with Crippen molar-refractivity contribution >= 4 is 29.2 Å². The zero-order chi connectivity index (χ0) is 17.1. The molecule has 0 saturated carbocycles. The summed E-state index contributed by atoms with van der Waals surface area (Å²) < 4.78 is 10.3. The number of nitrogens with two attached hydrogens (primary N) is 1. The zero-order valence-corrected chi connectivity index (χ0v) is 14.0. The lowest BCUT2D eigenvalue weighted by molar-refractivity contribution is -0.136. The Morgan fingerprint density at radius 3 is 2.70 bits per heavy atom. The van der Waals surface area contributed by atoms with E-state index in [0.717, 1.165) is 0 Å². The molecule has 1 atom stereocenters. The fourth-order valence-corrected chi connectivity index (χ4v) is 2.98. The van der Waals surface area contributed by atoms with Crippen molar-refractivity contribution in [1.82, 2.24) is 0 Å². The van der Waals surface area contributed by atoms with Crippen molar-refractivity contribution in [3.05, 3.63) is 56.6 Å². The van der Waals surface area contributed by atoms with Gasteiger partial charge in [-0.25, -0.2) is 4.79 Å². The summed E-state index contributed by atoms with van der Waals surface area (Å²) in [6, 6.07) is 6.82. The summed E-state index contributed by atoms with van der Waals surface area (Å²) in [7, 11) is 1.26. The molecule has 0 aromatic heterocycles. The number of halogens is 2. The third-order valence-electron chi connectivity index (χ3n) is 3.50. The molecule has 0 saturated heterocycles. The first-order valence-electron chi connectivity index (χ1n) is 6.78. The van der Waals surface area contributed by atoms with Gasteiger partial charge in [-0.15, -0.1) is 0 Å². The Labute approximate surface area is 143 Å². The Morgan fingerprint density at radius 1 is 1.48 bits per heavy atom. The Hall–Kier alpha value is -2.16. The van der Waals surface area contributed by atoms with E-state index in [1.807, 2.05) is 13.0 Å². The molecule has 23 heavy (non-hydrogen) atoms. The SMILES string of the molecule is CCC1=C(C(=O)OC)[C@H](c2ccc(Cl)cc2Cl)C(C#N)=C(N)O1. The van der Waals surface area contributed by atoms with Gasteiger partial charge in [-0.2, -0.15) is 5.26 Å². The predicted molar refractivity (Wildman–Crippen MR) is 86.4 cm³/mol. The van der Waals surface area contributed by atoms with Crippen LogP contribution in [0.15, 0.2) is 41.0 Å². The van der Waals surface area contributed by atoms with E-state index in [1.165, 1.54) is 7.11 Å². The van der Waals surface area contributed by atoms with Crippen LogP contribution >= 0.6 is 23.2 Å². The second kappa shape index (κ2) is 6.95. The molecule has 5 nitrogen and oxygen atoms in total. The molecule has 1 aromatic carbocycles. The van der Waals surface area contributed by atoms with Crippen molar-refractivity contribution in [2.75, 3.05) is 7.11 Å². The van der Waals surface area contributed by atoms with Crippen LogP contribution in [0.25, 0.3) is 0 Å². The van der Waals surface area contributed by atoms with Crippen molar-refractivity contribution in [3.63, 3.8) is 0 Å². The van der Waals surface area contributed by atoms with Gasteiger partial charge in [0, 0.05) is 16.5 Å². The average Bonchev–Trinajstić information content (AvgIpc) is 2.53. The van der Waals surface area contributed by atoms with Crippen molar-refractivity contribution in [3.8, 4) is 6.07 Å². The number of nitrogens with zero attached hydrogens (tertiary/aromatic N) is 1. The lowest BCUT2D eigenvalue weighted by Crippen LogP contribution is -2.25. The molecule has 120 valence electrons. The summed E-state index contributed by atoms with van der Waals surface area (Å²) >= 11 is 12.2. The first-order chi connectivity index (χ1) is 10.9. The molecule has 0 spiro atoms. The third kappa shape index (κ3) is 3.14. The highest BCUT2D eigenvalue weighted by Crippen LogP contribution is 2.43. The van der Waals surface area contributed by atoms with Gasteiger partial charge in [-0.05, 0) is 17.7 Å². The summed E-state index contributed by atoms with van der Waals surface area (Å²) in [5.41, 5.74) is 6.70. The molecule has 0 unspecified atom stereocenters. The van der Waals surface area contributed by atoms with E-state index in [0.29, 0.717) is 27.8 Å². The highest BCUT2D eigenvalue weighted by molar-refractivity contribution is 6.35. The number of hydrogen-bond acceptors (Lipinski definition) is 5. The number of esters is 1. The molecule has 1 heterocycles.